The van der Waals surface area contributed by atoms with E-state index in [1.807, 2.05) is 42.5 Å². The van der Waals surface area contributed by atoms with Crippen LogP contribution in [-0.2, 0) is 5.75 Å². The molecule has 0 unspecified atom stereocenters. The third kappa shape index (κ3) is 5.66. The SMILES string of the molecule is O=C(Nc1nnc(SCc2ccc(Br)cc2)s1)c1ccc(C(=O)c2ccccc2)cc1. The van der Waals surface area contributed by atoms with Gasteiger partial charge in [0.15, 0.2) is 10.1 Å². The molecule has 0 fully saturated rings. The van der Waals surface area contributed by atoms with E-state index in [1.54, 1.807) is 48.2 Å². The number of carbonyl (C=O) groups excluding carboxylic acids is 2. The molecule has 154 valence electrons. The molecule has 0 aliphatic rings. The summed E-state index contributed by atoms with van der Waals surface area (Å²) >= 11 is 6.32. The third-order valence-corrected chi connectivity index (χ3v) is 6.92. The van der Waals surface area contributed by atoms with Gasteiger partial charge in [-0.25, -0.2) is 0 Å². The predicted molar refractivity (Wildman–Crippen MR) is 128 cm³/mol. The molecular formula is C23H16BrN3O2S2. The van der Waals surface area contributed by atoms with Crippen LogP contribution in [0, 0.1) is 0 Å². The molecule has 8 heteroatoms. The van der Waals surface area contributed by atoms with Crippen LogP contribution in [0.25, 0.3) is 0 Å². The lowest BCUT2D eigenvalue weighted by Crippen LogP contribution is -2.12. The number of hydrogen-bond acceptors (Lipinski definition) is 6. The average Bonchev–Trinajstić information content (AvgIpc) is 3.26. The van der Waals surface area contributed by atoms with Gasteiger partial charge in [0.1, 0.15) is 0 Å². The van der Waals surface area contributed by atoms with Crippen LogP contribution in [0.5, 0.6) is 0 Å². The number of carbonyl (C=O) groups is 2. The number of aromatic nitrogens is 2. The molecule has 0 bridgehead atoms. The minimum Gasteiger partial charge on any atom is -0.296 e. The standard InChI is InChI=1S/C23H16BrN3O2S2/c24-19-12-6-15(7-13-19)14-30-23-27-26-22(31-23)25-21(29)18-10-8-17(9-11-18)20(28)16-4-2-1-3-5-16/h1-13H,14H2,(H,25,26,29). The number of hydrogen-bond donors (Lipinski definition) is 1. The Labute approximate surface area is 196 Å². The van der Waals surface area contributed by atoms with Crippen molar-refractivity contribution in [2.75, 3.05) is 5.32 Å². The van der Waals surface area contributed by atoms with Crippen LogP contribution >= 0.6 is 39.0 Å². The summed E-state index contributed by atoms with van der Waals surface area (Å²) in [7, 11) is 0. The number of halogens is 1. The summed E-state index contributed by atoms with van der Waals surface area (Å²) in [6.45, 7) is 0. The normalized spacial score (nSPS) is 10.6. The van der Waals surface area contributed by atoms with Gasteiger partial charge in [-0.3, -0.25) is 14.9 Å². The zero-order valence-electron chi connectivity index (χ0n) is 16.1. The van der Waals surface area contributed by atoms with Crippen LogP contribution in [0.1, 0.15) is 31.8 Å². The van der Waals surface area contributed by atoms with E-state index in [9.17, 15) is 9.59 Å². The van der Waals surface area contributed by atoms with Gasteiger partial charge in [0.25, 0.3) is 5.91 Å². The zero-order valence-corrected chi connectivity index (χ0v) is 19.3. The van der Waals surface area contributed by atoms with Crippen molar-refractivity contribution in [1.29, 1.82) is 0 Å². The Kier molecular flexibility index (Phi) is 6.91. The summed E-state index contributed by atoms with van der Waals surface area (Å²) in [6, 6.07) is 23.7. The van der Waals surface area contributed by atoms with Crippen molar-refractivity contribution in [2.24, 2.45) is 0 Å². The number of anilines is 1. The van der Waals surface area contributed by atoms with E-state index in [0.717, 1.165) is 14.6 Å². The first-order valence-corrected chi connectivity index (χ1v) is 11.9. The largest absolute Gasteiger partial charge is 0.296 e. The Bertz CT molecular complexity index is 1190. The second-order valence-electron chi connectivity index (χ2n) is 6.51. The van der Waals surface area contributed by atoms with Crippen molar-refractivity contribution in [3.05, 3.63) is 106 Å². The van der Waals surface area contributed by atoms with Crippen LogP contribution < -0.4 is 5.32 Å². The smallest absolute Gasteiger partial charge is 0.257 e. The summed E-state index contributed by atoms with van der Waals surface area (Å²) < 4.78 is 1.82. The zero-order chi connectivity index (χ0) is 21.6. The maximum atomic E-state index is 12.5. The number of rotatable bonds is 7. The fraction of sp³-hybridized carbons (Fsp3) is 0.0435. The highest BCUT2D eigenvalue weighted by molar-refractivity contribution is 9.10. The molecule has 0 atom stereocenters. The lowest BCUT2D eigenvalue weighted by atomic mass is 10.0. The van der Waals surface area contributed by atoms with Crippen LogP contribution in [0.15, 0.2) is 87.7 Å². The summed E-state index contributed by atoms with van der Waals surface area (Å²) in [5, 5.41) is 11.4. The van der Waals surface area contributed by atoms with Crippen molar-refractivity contribution in [2.45, 2.75) is 10.1 Å². The monoisotopic (exact) mass is 509 g/mol. The quantitative estimate of drug-likeness (QED) is 0.186. The van der Waals surface area contributed by atoms with Gasteiger partial charge < -0.3 is 0 Å². The highest BCUT2D eigenvalue weighted by Crippen LogP contribution is 2.29. The highest BCUT2D eigenvalue weighted by Gasteiger charge is 2.13. The Morgan fingerprint density at radius 3 is 2.19 bits per heavy atom. The van der Waals surface area contributed by atoms with E-state index in [4.69, 9.17) is 0 Å². The van der Waals surface area contributed by atoms with Gasteiger partial charge in [-0.2, -0.15) is 0 Å². The summed E-state index contributed by atoms with van der Waals surface area (Å²) in [5.74, 6) is 0.399. The van der Waals surface area contributed by atoms with Gasteiger partial charge in [0, 0.05) is 26.9 Å². The molecule has 0 aliphatic carbocycles. The van der Waals surface area contributed by atoms with Crippen LogP contribution in [0.3, 0.4) is 0 Å². The van der Waals surface area contributed by atoms with E-state index in [-0.39, 0.29) is 11.7 Å². The molecule has 0 saturated heterocycles. The van der Waals surface area contributed by atoms with Gasteiger partial charge in [-0.15, -0.1) is 10.2 Å². The molecule has 4 aromatic rings. The number of benzene rings is 3. The Morgan fingerprint density at radius 2 is 1.48 bits per heavy atom. The molecule has 3 aromatic carbocycles. The molecule has 1 aromatic heterocycles. The Hall–Kier alpha value is -2.81. The molecule has 31 heavy (non-hydrogen) atoms. The van der Waals surface area contributed by atoms with Crippen molar-refractivity contribution in [3.63, 3.8) is 0 Å². The maximum absolute atomic E-state index is 12.5. The van der Waals surface area contributed by atoms with E-state index in [2.05, 4.69) is 31.4 Å². The molecule has 4 rings (SSSR count). The van der Waals surface area contributed by atoms with Crippen LogP contribution in [-0.4, -0.2) is 21.9 Å². The molecule has 5 nitrogen and oxygen atoms in total. The number of amides is 1. The fourth-order valence-corrected chi connectivity index (χ4v) is 4.71. The van der Waals surface area contributed by atoms with Crippen molar-refractivity contribution in [3.8, 4) is 0 Å². The minimum absolute atomic E-state index is 0.0795. The second-order valence-corrected chi connectivity index (χ2v) is 9.63. The Morgan fingerprint density at radius 1 is 0.839 bits per heavy atom. The van der Waals surface area contributed by atoms with Gasteiger partial charge in [-0.05, 0) is 29.8 Å². The summed E-state index contributed by atoms with van der Waals surface area (Å²) in [5.41, 5.74) is 2.77. The lowest BCUT2D eigenvalue weighted by molar-refractivity contribution is 0.102. The highest BCUT2D eigenvalue weighted by atomic mass is 79.9. The first kappa shape index (κ1) is 21.4. The second kappa shape index (κ2) is 10.00. The first-order valence-electron chi connectivity index (χ1n) is 9.30. The fourth-order valence-electron chi connectivity index (χ4n) is 2.74. The van der Waals surface area contributed by atoms with Gasteiger partial charge in [0.2, 0.25) is 5.13 Å². The number of ketones is 1. The Balaban J connectivity index is 1.35. The number of nitrogens with zero attached hydrogens (tertiary/aromatic N) is 2. The third-order valence-electron chi connectivity index (χ3n) is 4.35. The molecule has 1 N–H and O–H groups in total. The van der Waals surface area contributed by atoms with Crippen molar-refractivity contribution in [1.82, 2.24) is 10.2 Å². The minimum atomic E-state index is -0.292. The molecule has 0 saturated carbocycles. The molecule has 0 spiro atoms. The van der Waals surface area contributed by atoms with Crippen LogP contribution in [0.4, 0.5) is 5.13 Å². The molecule has 1 heterocycles. The maximum Gasteiger partial charge on any atom is 0.257 e. The first-order chi connectivity index (χ1) is 15.1. The molecule has 0 aliphatic heterocycles. The molecule has 1 amide bonds. The van der Waals surface area contributed by atoms with E-state index in [1.165, 1.54) is 16.9 Å². The van der Waals surface area contributed by atoms with E-state index < -0.39 is 0 Å². The number of thioether (sulfide) groups is 1. The van der Waals surface area contributed by atoms with E-state index in [0.29, 0.717) is 21.8 Å². The van der Waals surface area contributed by atoms with Crippen molar-refractivity contribution < 1.29 is 9.59 Å². The van der Waals surface area contributed by atoms with Crippen LogP contribution in [0.2, 0.25) is 0 Å². The lowest BCUT2D eigenvalue weighted by Gasteiger charge is -2.04. The topological polar surface area (TPSA) is 72.0 Å². The van der Waals surface area contributed by atoms with Gasteiger partial charge in [-0.1, -0.05) is 93.6 Å². The van der Waals surface area contributed by atoms with Crippen molar-refractivity contribution >= 4 is 55.9 Å². The van der Waals surface area contributed by atoms with E-state index >= 15 is 0 Å². The van der Waals surface area contributed by atoms with Gasteiger partial charge >= 0.3 is 0 Å². The predicted octanol–water partition coefficient (Wildman–Crippen LogP) is 6.08. The molecule has 0 radical (unpaired) electrons. The average molecular weight is 510 g/mol. The summed E-state index contributed by atoms with van der Waals surface area (Å²) in [6.07, 6.45) is 0. The summed E-state index contributed by atoms with van der Waals surface area (Å²) in [4.78, 5) is 25.0. The number of nitrogens with one attached hydrogen (secondary N) is 1. The molecular weight excluding hydrogens is 494 g/mol. The van der Waals surface area contributed by atoms with Gasteiger partial charge in [0.05, 0.1) is 0 Å².